The molecule has 1 aliphatic heterocycles. The molecule has 2 aromatic carbocycles. The Morgan fingerprint density at radius 1 is 1.00 bits per heavy atom. The van der Waals surface area contributed by atoms with Crippen molar-refractivity contribution < 1.29 is 23.7 Å². The van der Waals surface area contributed by atoms with Crippen molar-refractivity contribution in [1.82, 2.24) is 4.57 Å². The highest BCUT2D eigenvalue weighted by Gasteiger charge is 2.32. The van der Waals surface area contributed by atoms with E-state index in [-0.39, 0.29) is 17.9 Å². The Kier molecular flexibility index (Phi) is 6.40. The van der Waals surface area contributed by atoms with E-state index in [0.29, 0.717) is 29.4 Å². The first-order valence-corrected chi connectivity index (χ1v) is 10.8. The molecule has 0 bridgehead atoms. The summed E-state index contributed by atoms with van der Waals surface area (Å²) < 4.78 is 23.7. The molecule has 0 aliphatic carbocycles. The normalized spacial score (nSPS) is 14.9. The van der Waals surface area contributed by atoms with Crippen LogP contribution >= 0.6 is 0 Å². The number of benzene rings is 2. The second-order valence-electron chi connectivity index (χ2n) is 8.02. The number of esters is 1. The maximum Gasteiger partial charge on any atom is 0.312 e. The van der Waals surface area contributed by atoms with Gasteiger partial charge in [0.2, 0.25) is 0 Å². The first kappa shape index (κ1) is 22.5. The van der Waals surface area contributed by atoms with Crippen LogP contribution in [0.2, 0.25) is 0 Å². The molecule has 0 saturated heterocycles. The first-order valence-electron chi connectivity index (χ1n) is 10.8. The third-order valence-electron chi connectivity index (χ3n) is 6.01. The van der Waals surface area contributed by atoms with Gasteiger partial charge in [-0.15, -0.1) is 0 Å². The number of fused-ring (bicyclic) bond motifs is 1. The Bertz CT molecular complexity index is 1230. The van der Waals surface area contributed by atoms with E-state index < -0.39 is 5.92 Å². The van der Waals surface area contributed by atoms with Crippen LogP contribution in [0.15, 0.2) is 53.3 Å². The molecule has 7 nitrogen and oxygen atoms in total. The lowest BCUT2D eigenvalue weighted by molar-refractivity contribution is -0.135. The van der Waals surface area contributed by atoms with E-state index in [1.165, 1.54) is 0 Å². The number of pyridine rings is 1. The average Bonchev–Trinajstić information content (AvgIpc) is 2.82. The van der Waals surface area contributed by atoms with Crippen LogP contribution in [-0.4, -0.2) is 31.4 Å². The summed E-state index contributed by atoms with van der Waals surface area (Å²) in [6.45, 7) is 2.28. The second-order valence-corrected chi connectivity index (χ2v) is 8.02. The molecule has 0 N–H and O–H groups in total. The predicted molar refractivity (Wildman–Crippen MR) is 124 cm³/mol. The summed E-state index contributed by atoms with van der Waals surface area (Å²) in [6.07, 6.45) is 0.818. The van der Waals surface area contributed by atoms with Crippen LogP contribution in [0, 0.1) is 6.92 Å². The van der Waals surface area contributed by atoms with E-state index >= 15 is 0 Å². The molecule has 0 fully saturated rings. The van der Waals surface area contributed by atoms with Gasteiger partial charge in [0, 0.05) is 31.1 Å². The number of rotatable bonds is 7. The summed E-state index contributed by atoms with van der Waals surface area (Å²) in [5.41, 5.74) is 2.98. The molecule has 0 saturated carbocycles. The molecule has 1 atom stereocenters. The van der Waals surface area contributed by atoms with Crippen LogP contribution in [-0.2, 0) is 18.3 Å². The SMILES string of the molecule is COc1ccc(CCOc2ccc([C@H]3CC(=O)Oc4cc(C)n(C)c(=O)c43)cc2OC)cc1. The average molecular weight is 450 g/mol. The van der Waals surface area contributed by atoms with Crippen LogP contribution < -0.4 is 24.5 Å². The maximum absolute atomic E-state index is 13.0. The van der Waals surface area contributed by atoms with Gasteiger partial charge in [-0.3, -0.25) is 9.59 Å². The Morgan fingerprint density at radius 3 is 2.45 bits per heavy atom. The van der Waals surface area contributed by atoms with Gasteiger partial charge in [-0.2, -0.15) is 0 Å². The number of aryl methyl sites for hydroxylation is 1. The van der Waals surface area contributed by atoms with Crippen molar-refractivity contribution in [3.8, 4) is 23.0 Å². The van der Waals surface area contributed by atoms with Gasteiger partial charge >= 0.3 is 5.97 Å². The summed E-state index contributed by atoms with van der Waals surface area (Å²) in [4.78, 5) is 25.2. The molecule has 0 radical (unpaired) electrons. The van der Waals surface area contributed by atoms with Crippen molar-refractivity contribution in [3.05, 3.63) is 81.3 Å². The van der Waals surface area contributed by atoms with Crippen molar-refractivity contribution in [2.75, 3.05) is 20.8 Å². The van der Waals surface area contributed by atoms with Crippen LogP contribution in [0.25, 0.3) is 0 Å². The van der Waals surface area contributed by atoms with Gasteiger partial charge < -0.3 is 23.5 Å². The fourth-order valence-corrected chi connectivity index (χ4v) is 4.02. The minimum Gasteiger partial charge on any atom is -0.497 e. The number of methoxy groups -OCH3 is 2. The lowest BCUT2D eigenvalue weighted by atomic mass is 9.86. The minimum atomic E-state index is -0.414. The van der Waals surface area contributed by atoms with Crippen molar-refractivity contribution >= 4 is 5.97 Å². The number of ether oxygens (including phenoxy) is 4. The van der Waals surface area contributed by atoms with Crippen LogP contribution in [0.3, 0.4) is 0 Å². The third-order valence-corrected chi connectivity index (χ3v) is 6.01. The molecule has 7 heteroatoms. The second kappa shape index (κ2) is 9.40. The van der Waals surface area contributed by atoms with Crippen LogP contribution in [0.4, 0.5) is 0 Å². The van der Waals surface area contributed by atoms with Gasteiger partial charge in [-0.05, 0) is 42.3 Å². The van der Waals surface area contributed by atoms with Gasteiger partial charge in [0.25, 0.3) is 5.56 Å². The smallest absolute Gasteiger partial charge is 0.312 e. The van der Waals surface area contributed by atoms with E-state index in [2.05, 4.69) is 0 Å². The van der Waals surface area contributed by atoms with E-state index in [9.17, 15) is 9.59 Å². The largest absolute Gasteiger partial charge is 0.497 e. The van der Waals surface area contributed by atoms with Crippen molar-refractivity contribution in [2.24, 2.45) is 7.05 Å². The lowest BCUT2D eigenvalue weighted by Crippen LogP contribution is -2.32. The number of aromatic nitrogens is 1. The van der Waals surface area contributed by atoms with Gasteiger partial charge in [-0.25, -0.2) is 0 Å². The Balaban J connectivity index is 1.56. The Labute approximate surface area is 192 Å². The molecule has 0 unspecified atom stereocenters. The van der Waals surface area contributed by atoms with Crippen molar-refractivity contribution in [2.45, 2.75) is 25.7 Å². The monoisotopic (exact) mass is 449 g/mol. The number of carbonyl (C=O) groups excluding carboxylic acids is 1. The van der Waals surface area contributed by atoms with Crippen molar-refractivity contribution in [1.29, 1.82) is 0 Å². The fourth-order valence-electron chi connectivity index (χ4n) is 4.02. The summed E-state index contributed by atoms with van der Waals surface area (Å²) in [6, 6.07) is 15.1. The topological polar surface area (TPSA) is 76.0 Å². The van der Waals surface area contributed by atoms with Crippen LogP contribution in [0.5, 0.6) is 23.0 Å². The molecule has 33 heavy (non-hydrogen) atoms. The number of nitrogens with zero attached hydrogens (tertiary/aromatic N) is 1. The molecular formula is C26H27NO6. The van der Waals surface area contributed by atoms with Gasteiger partial charge in [0.15, 0.2) is 11.5 Å². The fraction of sp³-hybridized carbons (Fsp3) is 0.308. The van der Waals surface area contributed by atoms with Gasteiger partial charge in [0.1, 0.15) is 11.5 Å². The summed E-state index contributed by atoms with van der Waals surface area (Å²) in [5, 5.41) is 0. The van der Waals surface area contributed by atoms with E-state index in [0.717, 1.165) is 29.0 Å². The molecule has 1 aliphatic rings. The number of hydrogen-bond acceptors (Lipinski definition) is 6. The Hall–Kier alpha value is -3.74. The minimum absolute atomic E-state index is 0.0894. The summed E-state index contributed by atoms with van der Waals surface area (Å²) in [5.74, 6) is 1.52. The zero-order valence-corrected chi connectivity index (χ0v) is 19.2. The van der Waals surface area contributed by atoms with Crippen molar-refractivity contribution in [3.63, 3.8) is 0 Å². The third kappa shape index (κ3) is 4.58. The predicted octanol–water partition coefficient (Wildman–Crippen LogP) is 3.77. The molecule has 2 heterocycles. The Morgan fingerprint density at radius 2 is 1.76 bits per heavy atom. The highest BCUT2D eigenvalue weighted by molar-refractivity contribution is 5.77. The van der Waals surface area contributed by atoms with E-state index in [4.69, 9.17) is 18.9 Å². The molecule has 4 rings (SSSR count). The lowest BCUT2D eigenvalue weighted by Gasteiger charge is -2.26. The molecule has 1 aromatic heterocycles. The molecule has 172 valence electrons. The van der Waals surface area contributed by atoms with Crippen LogP contribution in [0.1, 0.15) is 34.7 Å². The quantitative estimate of drug-likeness (QED) is 0.511. The van der Waals surface area contributed by atoms with Gasteiger partial charge in [-0.1, -0.05) is 18.2 Å². The van der Waals surface area contributed by atoms with E-state index in [1.54, 1.807) is 38.8 Å². The molecule has 0 amide bonds. The highest BCUT2D eigenvalue weighted by atomic mass is 16.5. The highest BCUT2D eigenvalue weighted by Crippen LogP contribution is 2.40. The summed E-state index contributed by atoms with van der Waals surface area (Å²) in [7, 11) is 4.93. The summed E-state index contributed by atoms with van der Waals surface area (Å²) >= 11 is 0. The van der Waals surface area contributed by atoms with Gasteiger partial charge in [0.05, 0.1) is 32.8 Å². The maximum atomic E-state index is 13.0. The molecule has 0 spiro atoms. The molecular weight excluding hydrogens is 422 g/mol. The van der Waals surface area contributed by atoms with E-state index in [1.807, 2.05) is 42.5 Å². The zero-order valence-electron chi connectivity index (χ0n) is 19.2. The number of hydrogen-bond donors (Lipinski definition) is 0. The number of carbonyl (C=O) groups is 1. The molecule has 3 aromatic rings. The standard InChI is InChI=1S/C26H27NO6/c1-16-13-23-25(26(29)27(16)2)20(15-24(28)33-23)18-7-10-21(22(14-18)31-4)32-12-11-17-5-8-19(30-3)9-6-17/h5-10,13-14,20H,11-12,15H2,1-4H3/t20-/m1/s1. The first-order chi connectivity index (χ1) is 15.9. The zero-order chi connectivity index (χ0) is 23.5.